The Hall–Kier alpha value is -1.59. The quantitative estimate of drug-likeness (QED) is 0.894. The van der Waals surface area contributed by atoms with Crippen molar-refractivity contribution in [2.45, 2.75) is 19.3 Å². The zero-order valence-electron chi connectivity index (χ0n) is 13.0. The number of amides is 2. The molecule has 0 atom stereocenters. The van der Waals surface area contributed by atoms with E-state index in [-0.39, 0.29) is 11.8 Å². The van der Waals surface area contributed by atoms with Crippen molar-refractivity contribution in [3.63, 3.8) is 0 Å². The predicted molar refractivity (Wildman–Crippen MR) is 88.3 cm³/mol. The van der Waals surface area contributed by atoms with E-state index in [1.54, 1.807) is 32.3 Å². The van der Waals surface area contributed by atoms with E-state index in [0.29, 0.717) is 28.6 Å². The number of anilines is 1. The fourth-order valence-corrected chi connectivity index (χ4v) is 2.77. The van der Waals surface area contributed by atoms with Crippen LogP contribution in [0.5, 0.6) is 0 Å². The molecule has 1 saturated heterocycles. The number of nitrogens with one attached hydrogen (secondary N) is 2. The van der Waals surface area contributed by atoms with E-state index < -0.39 is 0 Å². The summed E-state index contributed by atoms with van der Waals surface area (Å²) in [7, 11) is 3.34. The minimum absolute atomic E-state index is 0.0162. The summed E-state index contributed by atoms with van der Waals surface area (Å²) < 4.78 is 0. The molecule has 120 valence electrons. The summed E-state index contributed by atoms with van der Waals surface area (Å²) in [4.78, 5) is 25.6. The van der Waals surface area contributed by atoms with Crippen LogP contribution >= 0.6 is 11.6 Å². The minimum atomic E-state index is -0.181. The molecule has 1 fully saturated rings. The second kappa shape index (κ2) is 7.61. The molecule has 2 rings (SSSR count). The zero-order valence-corrected chi connectivity index (χ0v) is 13.7. The third-order valence-electron chi connectivity index (χ3n) is 3.82. The summed E-state index contributed by atoms with van der Waals surface area (Å²) in [5.41, 5.74) is 1.000. The second-order valence-electron chi connectivity index (χ2n) is 5.84. The van der Waals surface area contributed by atoms with Gasteiger partial charge in [0, 0.05) is 26.2 Å². The molecule has 1 aliphatic heterocycles. The van der Waals surface area contributed by atoms with E-state index in [2.05, 4.69) is 10.6 Å². The van der Waals surface area contributed by atoms with Crippen LogP contribution in [0.3, 0.4) is 0 Å². The summed E-state index contributed by atoms with van der Waals surface area (Å²) in [6.45, 7) is 1.95. The van der Waals surface area contributed by atoms with Crippen molar-refractivity contribution < 1.29 is 9.59 Å². The molecule has 6 heteroatoms. The molecule has 0 bridgehead atoms. The Labute approximate surface area is 136 Å². The molecule has 0 aromatic heterocycles. The van der Waals surface area contributed by atoms with Crippen molar-refractivity contribution >= 4 is 29.1 Å². The number of nitrogens with zero attached hydrogens (tertiary/aromatic N) is 1. The van der Waals surface area contributed by atoms with Crippen LogP contribution in [0.15, 0.2) is 18.2 Å². The second-order valence-corrected chi connectivity index (χ2v) is 6.25. The predicted octanol–water partition coefficient (Wildman–Crippen LogP) is 2.37. The Kier molecular flexibility index (Phi) is 5.80. The molecule has 1 heterocycles. The molecule has 0 saturated carbocycles. The van der Waals surface area contributed by atoms with E-state index >= 15 is 0 Å². The monoisotopic (exact) mass is 323 g/mol. The lowest BCUT2D eigenvalue weighted by Crippen LogP contribution is -2.30. The van der Waals surface area contributed by atoms with Crippen molar-refractivity contribution in [3.05, 3.63) is 28.8 Å². The van der Waals surface area contributed by atoms with Gasteiger partial charge in [0.25, 0.3) is 5.91 Å². The SMILES string of the molecule is CN(C)C(=O)c1cc(NC(=O)CC2CCNCC2)ccc1Cl. The number of piperidine rings is 1. The van der Waals surface area contributed by atoms with Crippen molar-refractivity contribution in [1.82, 2.24) is 10.2 Å². The fraction of sp³-hybridized carbons (Fsp3) is 0.500. The highest BCUT2D eigenvalue weighted by Gasteiger charge is 2.18. The van der Waals surface area contributed by atoms with E-state index in [0.717, 1.165) is 25.9 Å². The lowest BCUT2D eigenvalue weighted by molar-refractivity contribution is -0.117. The third kappa shape index (κ3) is 4.45. The fourth-order valence-electron chi connectivity index (χ4n) is 2.57. The van der Waals surface area contributed by atoms with Gasteiger partial charge in [-0.25, -0.2) is 0 Å². The topological polar surface area (TPSA) is 61.4 Å². The smallest absolute Gasteiger partial charge is 0.254 e. The maximum Gasteiger partial charge on any atom is 0.254 e. The summed E-state index contributed by atoms with van der Waals surface area (Å²) in [5.74, 6) is 0.230. The molecular formula is C16H22ClN3O2. The van der Waals surface area contributed by atoms with Crippen molar-refractivity contribution in [2.75, 3.05) is 32.5 Å². The number of rotatable bonds is 4. The average molecular weight is 324 g/mol. The van der Waals surface area contributed by atoms with Crippen LogP contribution in [0.2, 0.25) is 5.02 Å². The number of halogens is 1. The molecular weight excluding hydrogens is 302 g/mol. The van der Waals surface area contributed by atoms with Gasteiger partial charge in [-0.3, -0.25) is 9.59 Å². The largest absolute Gasteiger partial charge is 0.345 e. The number of carbonyl (C=O) groups is 2. The Morgan fingerprint density at radius 3 is 2.64 bits per heavy atom. The minimum Gasteiger partial charge on any atom is -0.345 e. The highest BCUT2D eigenvalue weighted by molar-refractivity contribution is 6.34. The standard InChI is InChI=1S/C16H22ClN3O2/c1-20(2)16(22)13-10-12(3-4-14(13)17)19-15(21)9-11-5-7-18-8-6-11/h3-4,10-11,18H,5-9H2,1-2H3,(H,19,21). The molecule has 1 aromatic rings. The highest BCUT2D eigenvalue weighted by atomic mass is 35.5. The normalized spacial score (nSPS) is 15.4. The Balaban J connectivity index is 2.01. The highest BCUT2D eigenvalue weighted by Crippen LogP contribution is 2.23. The van der Waals surface area contributed by atoms with Crippen LogP contribution in [0.4, 0.5) is 5.69 Å². The molecule has 1 aromatic carbocycles. The molecule has 22 heavy (non-hydrogen) atoms. The third-order valence-corrected chi connectivity index (χ3v) is 4.15. The lowest BCUT2D eigenvalue weighted by Gasteiger charge is -2.22. The first-order valence-corrected chi connectivity index (χ1v) is 7.87. The van der Waals surface area contributed by atoms with Gasteiger partial charge in [-0.1, -0.05) is 11.6 Å². The van der Waals surface area contributed by atoms with Crippen molar-refractivity contribution in [3.8, 4) is 0 Å². The Bertz CT molecular complexity index is 554. The summed E-state index contributed by atoms with van der Waals surface area (Å²) in [5, 5.41) is 6.53. The average Bonchev–Trinajstić information content (AvgIpc) is 2.49. The van der Waals surface area contributed by atoms with Gasteiger partial charge in [0.1, 0.15) is 0 Å². The van der Waals surface area contributed by atoms with Gasteiger partial charge in [-0.2, -0.15) is 0 Å². The van der Waals surface area contributed by atoms with Crippen LogP contribution in [-0.2, 0) is 4.79 Å². The maximum atomic E-state index is 12.1. The molecule has 0 aliphatic carbocycles. The molecule has 0 unspecified atom stereocenters. The summed E-state index contributed by atoms with van der Waals surface area (Å²) >= 11 is 6.06. The van der Waals surface area contributed by atoms with E-state index in [9.17, 15) is 9.59 Å². The zero-order chi connectivity index (χ0) is 16.1. The van der Waals surface area contributed by atoms with Crippen molar-refractivity contribution in [2.24, 2.45) is 5.92 Å². The van der Waals surface area contributed by atoms with Crippen LogP contribution in [-0.4, -0.2) is 43.9 Å². The maximum absolute atomic E-state index is 12.1. The van der Waals surface area contributed by atoms with Crippen LogP contribution in [0, 0.1) is 5.92 Å². The molecule has 1 aliphatic rings. The molecule has 5 nitrogen and oxygen atoms in total. The van der Waals surface area contributed by atoms with Crippen LogP contribution in [0.25, 0.3) is 0 Å². The van der Waals surface area contributed by atoms with Gasteiger partial charge in [0.15, 0.2) is 0 Å². The summed E-state index contributed by atoms with van der Waals surface area (Å²) in [6, 6.07) is 4.98. The van der Waals surface area contributed by atoms with E-state index in [1.807, 2.05) is 0 Å². The first kappa shape index (κ1) is 16.8. The van der Waals surface area contributed by atoms with Crippen molar-refractivity contribution in [1.29, 1.82) is 0 Å². The first-order chi connectivity index (χ1) is 10.5. The van der Waals surface area contributed by atoms with Crippen LogP contribution in [0.1, 0.15) is 29.6 Å². The van der Waals surface area contributed by atoms with Gasteiger partial charge in [-0.15, -0.1) is 0 Å². The van der Waals surface area contributed by atoms with Gasteiger partial charge in [-0.05, 0) is 50.0 Å². The lowest BCUT2D eigenvalue weighted by atomic mass is 9.94. The Morgan fingerprint density at radius 1 is 1.32 bits per heavy atom. The van der Waals surface area contributed by atoms with E-state index in [4.69, 9.17) is 11.6 Å². The molecule has 0 radical (unpaired) electrons. The van der Waals surface area contributed by atoms with Crippen LogP contribution < -0.4 is 10.6 Å². The number of benzene rings is 1. The van der Waals surface area contributed by atoms with Gasteiger partial charge < -0.3 is 15.5 Å². The van der Waals surface area contributed by atoms with Gasteiger partial charge in [0.2, 0.25) is 5.91 Å². The first-order valence-electron chi connectivity index (χ1n) is 7.49. The number of carbonyl (C=O) groups excluding carboxylic acids is 2. The molecule has 2 amide bonds. The van der Waals surface area contributed by atoms with Gasteiger partial charge in [0.05, 0.1) is 10.6 Å². The number of hydrogen-bond donors (Lipinski definition) is 2. The van der Waals surface area contributed by atoms with E-state index in [1.165, 1.54) is 4.90 Å². The summed E-state index contributed by atoms with van der Waals surface area (Å²) in [6.07, 6.45) is 2.57. The molecule has 2 N–H and O–H groups in total. The molecule has 0 spiro atoms. The van der Waals surface area contributed by atoms with Gasteiger partial charge >= 0.3 is 0 Å². The number of hydrogen-bond acceptors (Lipinski definition) is 3. The Morgan fingerprint density at radius 2 is 2.00 bits per heavy atom.